The highest BCUT2D eigenvalue weighted by molar-refractivity contribution is 5.89. The van der Waals surface area contributed by atoms with E-state index in [2.05, 4.69) is 10.6 Å². The van der Waals surface area contributed by atoms with E-state index in [1.807, 2.05) is 30.3 Å². The fourth-order valence-electron chi connectivity index (χ4n) is 1.76. The van der Waals surface area contributed by atoms with Crippen molar-refractivity contribution in [3.05, 3.63) is 65.5 Å². The van der Waals surface area contributed by atoms with Crippen LogP contribution in [0.15, 0.2) is 48.5 Å². The molecule has 0 aliphatic rings. The molecule has 0 spiro atoms. The zero-order chi connectivity index (χ0) is 13.7. The van der Waals surface area contributed by atoms with E-state index < -0.39 is 0 Å². The van der Waals surface area contributed by atoms with Crippen LogP contribution in [0.1, 0.15) is 11.1 Å². The first-order chi connectivity index (χ1) is 9.13. The van der Waals surface area contributed by atoms with Crippen LogP contribution >= 0.6 is 0 Å². The first kappa shape index (κ1) is 13.1. The van der Waals surface area contributed by atoms with Gasteiger partial charge in [0.2, 0.25) is 0 Å². The standard InChI is InChI=1S/C15H15FN2O/c1-11-7-13(16)9-14(8-11)18-15(19)17-10-12-5-3-2-4-6-12/h2-9H,10H2,1H3,(H2,17,18,19). The van der Waals surface area contributed by atoms with Crippen LogP contribution in [0.5, 0.6) is 0 Å². The smallest absolute Gasteiger partial charge is 0.319 e. The molecule has 0 unspecified atom stereocenters. The summed E-state index contributed by atoms with van der Waals surface area (Å²) >= 11 is 0. The van der Waals surface area contributed by atoms with Gasteiger partial charge in [-0.05, 0) is 36.2 Å². The van der Waals surface area contributed by atoms with Gasteiger partial charge < -0.3 is 10.6 Å². The van der Waals surface area contributed by atoms with Gasteiger partial charge in [0.25, 0.3) is 0 Å². The Kier molecular flexibility index (Phi) is 4.13. The lowest BCUT2D eigenvalue weighted by Gasteiger charge is -2.08. The molecule has 0 fully saturated rings. The van der Waals surface area contributed by atoms with Gasteiger partial charge in [-0.1, -0.05) is 30.3 Å². The lowest BCUT2D eigenvalue weighted by molar-refractivity contribution is 0.251. The third-order valence-electron chi connectivity index (χ3n) is 2.60. The predicted octanol–water partition coefficient (Wildman–Crippen LogP) is 3.46. The van der Waals surface area contributed by atoms with Gasteiger partial charge in [0.1, 0.15) is 5.82 Å². The quantitative estimate of drug-likeness (QED) is 0.869. The summed E-state index contributed by atoms with van der Waals surface area (Å²) in [4.78, 5) is 11.7. The van der Waals surface area contributed by atoms with E-state index in [0.29, 0.717) is 12.2 Å². The molecule has 2 amide bonds. The highest BCUT2D eigenvalue weighted by Crippen LogP contribution is 2.13. The van der Waals surface area contributed by atoms with Crippen molar-refractivity contribution in [3.63, 3.8) is 0 Å². The van der Waals surface area contributed by atoms with Crippen LogP contribution in [0.3, 0.4) is 0 Å². The van der Waals surface area contributed by atoms with Gasteiger partial charge in [-0.15, -0.1) is 0 Å². The van der Waals surface area contributed by atoms with Crippen molar-refractivity contribution in [3.8, 4) is 0 Å². The van der Waals surface area contributed by atoms with Crippen molar-refractivity contribution in [1.29, 1.82) is 0 Å². The molecule has 3 nitrogen and oxygen atoms in total. The summed E-state index contributed by atoms with van der Waals surface area (Å²) in [6.45, 7) is 2.21. The minimum absolute atomic E-state index is 0.353. The van der Waals surface area contributed by atoms with E-state index in [9.17, 15) is 9.18 Å². The van der Waals surface area contributed by atoms with Crippen LogP contribution in [0.25, 0.3) is 0 Å². The van der Waals surface area contributed by atoms with Gasteiger partial charge in [-0.3, -0.25) is 0 Å². The SMILES string of the molecule is Cc1cc(F)cc(NC(=O)NCc2ccccc2)c1. The molecule has 98 valence electrons. The maximum absolute atomic E-state index is 13.2. The number of anilines is 1. The highest BCUT2D eigenvalue weighted by Gasteiger charge is 2.03. The first-order valence-electron chi connectivity index (χ1n) is 5.99. The Balaban J connectivity index is 1.91. The van der Waals surface area contributed by atoms with Gasteiger partial charge in [0.15, 0.2) is 0 Å². The maximum Gasteiger partial charge on any atom is 0.319 e. The number of amides is 2. The van der Waals surface area contributed by atoms with Crippen molar-refractivity contribution in [2.75, 3.05) is 5.32 Å². The molecule has 0 radical (unpaired) electrons. The molecule has 0 heterocycles. The molecular formula is C15H15FN2O. The summed E-state index contributed by atoms with van der Waals surface area (Å²) in [7, 11) is 0. The molecule has 0 saturated carbocycles. The second-order valence-corrected chi connectivity index (χ2v) is 4.31. The Morgan fingerprint density at radius 1 is 1.16 bits per heavy atom. The van der Waals surface area contributed by atoms with Gasteiger partial charge in [-0.2, -0.15) is 0 Å². The van der Waals surface area contributed by atoms with E-state index >= 15 is 0 Å². The average molecular weight is 258 g/mol. The minimum Gasteiger partial charge on any atom is -0.334 e. The molecule has 2 rings (SSSR count). The lowest BCUT2D eigenvalue weighted by atomic mass is 10.2. The van der Waals surface area contributed by atoms with Gasteiger partial charge >= 0.3 is 6.03 Å². The van der Waals surface area contributed by atoms with Crippen molar-refractivity contribution >= 4 is 11.7 Å². The van der Waals surface area contributed by atoms with Crippen molar-refractivity contribution < 1.29 is 9.18 Å². The highest BCUT2D eigenvalue weighted by atomic mass is 19.1. The molecule has 0 atom stereocenters. The fourth-order valence-corrected chi connectivity index (χ4v) is 1.76. The van der Waals surface area contributed by atoms with Crippen LogP contribution in [0.2, 0.25) is 0 Å². The number of hydrogen-bond acceptors (Lipinski definition) is 1. The van der Waals surface area contributed by atoms with E-state index in [1.54, 1.807) is 13.0 Å². The molecule has 0 aliphatic heterocycles. The fraction of sp³-hybridized carbons (Fsp3) is 0.133. The summed E-state index contributed by atoms with van der Waals surface area (Å²) in [5.74, 6) is -0.363. The largest absolute Gasteiger partial charge is 0.334 e. The molecule has 0 saturated heterocycles. The van der Waals surface area contributed by atoms with E-state index in [1.165, 1.54) is 12.1 Å². The number of urea groups is 1. The normalized spacial score (nSPS) is 10.0. The number of aryl methyl sites for hydroxylation is 1. The molecule has 19 heavy (non-hydrogen) atoms. The minimum atomic E-state index is -0.363. The topological polar surface area (TPSA) is 41.1 Å². The Hall–Kier alpha value is -2.36. The zero-order valence-electron chi connectivity index (χ0n) is 10.6. The third kappa shape index (κ3) is 4.10. The average Bonchev–Trinajstić information content (AvgIpc) is 2.36. The second-order valence-electron chi connectivity index (χ2n) is 4.31. The van der Waals surface area contributed by atoms with E-state index in [-0.39, 0.29) is 11.8 Å². The van der Waals surface area contributed by atoms with Crippen molar-refractivity contribution in [1.82, 2.24) is 5.32 Å². The zero-order valence-corrected chi connectivity index (χ0v) is 10.6. The molecule has 2 aromatic rings. The number of rotatable bonds is 3. The molecule has 0 aliphatic carbocycles. The molecular weight excluding hydrogens is 243 g/mol. The number of nitrogens with one attached hydrogen (secondary N) is 2. The van der Waals surface area contributed by atoms with E-state index in [4.69, 9.17) is 0 Å². The number of carbonyl (C=O) groups is 1. The van der Waals surface area contributed by atoms with Crippen LogP contribution in [0.4, 0.5) is 14.9 Å². The van der Waals surface area contributed by atoms with Crippen LogP contribution < -0.4 is 10.6 Å². The summed E-state index contributed by atoms with van der Waals surface area (Å²) in [5.41, 5.74) is 2.22. The van der Waals surface area contributed by atoms with Crippen LogP contribution in [0, 0.1) is 12.7 Å². The second kappa shape index (κ2) is 6.00. The Labute approximate surface area is 111 Å². The summed E-state index contributed by atoms with van der Waals surface area (Å²) in [6, 6.07) is 13.6. The molecule has 0 bridgehead atoms. The molecule has 4 heteroatoms. The van der Waals surface area contributed by atoms with E-state index in [0.717, 1.165) is 11.1 Å². The monoisotopic (exact) mass is 258 g/mol. The summed E-state index contributed by atoms with van der Waals surface area (Å²) < 4.78 is 13.2. The lowest BCUT2D eigenvalue weighted by Crippen LogP contribution is -2.28. The van der Waals surface area contributed by atoms with Crippen LogP contribution in [-0.4, -0.2) is 6.03 Å². The maximum atomic E-state index is 13.2. The predicted molar refractivity (Wildman–Crippen MR) is 73.4 cm³/mol. The van der Waals surface area contributed by atoms with Gasteiger partial charge in [0.05, 0.1) is 0 Å². The van der Waals surface area contributed by atoms with Gasteiger partial charge in [-0.25, -0.2) is 9.18 Å². The molecule has 0 aromatic heterocycles. The van der Waals surface area contributed by atoms with Crippen molar-refractivity contribution in [2.24, 2.45) is 0 Å². The Bertz CT molecular complexity index is 549. The Morgan fingerprint density at radius 2 is 1.89 bits per heavy atom. The molecule has 2 aromatic carbocycles. The number of benzene rings is 2. The number of carbonyl (C=O) groups excluding carboxylic acids is 1. The first-order valence-corrected chi connectivity index (χ1v) is 5.99. The van der Waals surface area contributed by atoms with Gasteiger partial charge in [0, 0.05) is 12.2 Å². The number of halogens is 1. The third-order valence-corrected chi connectivity index (χ3v) is 2.60. The summed E-state index contributed by atoms with van der Waals surface area (Å²) in [6.07, 6.45) is 0. The van der Waals surface area contributed by atoms with Crippen molar-refractivity contribution in [2.45, 2.75) is 13.5 Å². The molecule has 2 N–H and O–H groups in total. The summed E-state index contributed by atoms with van der Waals surface area (Å²) in [5, 5.41) is 5.32. The Morgan fingerprint density at radius 3 is 2.58 bits per heavy atom. The number of hydrogen-bond donors (Lipinski definition) is 2. The van der Waals surface area contributed by atoms with Crippen LogP contribution in [-0.2, 0) is 6.54 Å².